The van der Waals surface area contributed by atoms with Gasteiger partial charge in [-0.15, -0.1) is 0 Å². The molecule has 3 heterocycles. The Morgan fingerprint density at radius 3 is 2.58 bits per heavy atom. The number of aromatic nitrogens is 1. The highest BCUT2D eigenvalue weighted by molar-refractivity contribution is 6.01. The molecule has 1 fully saturated rings. The first-order chi connectivity index (χ1) is 18.0. The SMILES string of the molecule is Cc1c2c(n3c1CCN(C(=O)[C@H]1CCCN1)C[C@@H](C)[C@H](C)Nc1cc-3ccc1C(N)=O)CC(C)(C)CC2=O. The van der Waals surface area contributed by atoms with Gasteiger partial charge in [-0.2, -0.15) is 0 Å². The fourth-order valence-corrected chi connectivity index (χ4v) is 6.54. The number of primary amides is 1. The lowest BCUT2D eigenvalue weighted by molar-refractivity contribution is -0.133. The number of anilines is 1. The molecule has 38 heavy (non-hydrogen) atoms. The van der Waals surface area contributed by atoms with Crippen molar-refractivity contribution in [3.63, 3.8) is 0 Å². The zero-order chi connectivity index (χ0) is 27.4. The molecule has 0 unspecified atom stereocenters. The van der Waals surface area contributed by atoms with Gasteiger partial charge in [0.15, 0.2) is 5.78 Å². The van der Waals surface area contributed by atoms with Crippen molar-refractivity contribution in [1.29, 1.82) is 0 Å². The van der Waals surface area contributed by atoms with Crippen molar-refractivity contribution in [2.45, 2.75) is 78.8 Å². The number of carbonyl (C=O) groups excluding carboxylic acids is 3. The first-order valence-corrected chi connectivity index (χ1v) is 14.0. The number of nitrogens with zero attached hydrogens (tertiary/aromatic N) is 2. The van der Waals surface area contributed by atoms with Crippen LogP contribution in [-0.2, 0) is 17.6 Å². The van der Waals surface area contributed by atoms with E-state index >= 15 is 0 Å². The standard InChI is InChI=1S/C30H41N5O3/c1-17-16-34(29(38)22-7-6-11-32-22)12-10-24-18(2)27-25(14-30(4,5)15-26(27)36)35(24)20-8-9-21(28(31)37)23(13-20)33-19(17)3/h8-9,13,17,19,22,32-33H,6-7,10-12,14-16H2,1-5H3,(H2,31,37)/t17-,19+,22-/m1/s1. The number of nitrogens with one attached hydrogen (secondary N) is 2. The molecule has 0 spiro atoms. The van der Waals surface area contributed by atoms with Crippen LogP contribution in [0.4, 0.5) is 5.69 Å². The second-order valence-corrected chi connectivity index (χ2v) is 12.4. The minimum Gasteiger partial charge on any atom is -0.382 e. The molecule has 8 heteroatoms. The van der Waals surface area contributed by atoms with E-state index in [4.69, 9.17) is 5.73 Å². The van der Waals surface area contributed by atoms with Crippen molar-refractivity contribution < 1.29 is 14.4 Å². The summed E-state index contributed by atoms with van der Waals surface area (Å²) in [5.74, 6) is -0.0341. The third kappa shape index (κ3) is 4.75. The minimum absolute atomic E-state index is 0.00471. The molecular formula is C30H41N5O3. The largest absolute Gasteiger partial charge is 0.382 e. The molecule has 4 N–H and O–H groups in total. The van der Waals surface area contributed by atoms with E-state index in [0.29, 0.717) is 37.2 Å². The number of ketones is 1. The molecule has 1 aliphatic carbocycles. The number of Topliss-reactive ketones (excluding diaryl/α,β-unsaturated/α-hetero) is 1. The second kappa shape index (κ2) is 9.88. The summed E-state index contributed by atoms with van der Waals surface area (Å²) < 4.78 is 2.21. The Hall–Kier alpha value is -3.13. The summed E-state index contributed by atoms with van der Waals surface area (Å²) in [6, 6.07) is 5.55. The van der Waals surface area contributed by atoms with Gasteiger partial charge in [-0.05, 0) is 74.8 Å². The van der Waals surface area contributed by atoms with Crippen LogP contribution in [0.5, 0.6) is 0 Å². The van der Waals surface area contributed by atoms with Gasteiger partial charge in [0.25, 0.3) is 5.91 Å². The number of hydrogen-bond acceptors (Lipinski definition) is 5. The first-order valence-electron chi connectivity index (χ1n) is 14.0. The summed E-state index contributed by atoms with van der Waals surface area (Å²) in [7, 11) is 0. The number of nitrogens with two attached hydrogens (primary N) is 1. The highest BCUT2D eigenvalue weighted by Crippen LogP contribution is 2.40. The van der Waals surface area contributed by atoms with E-state index in [1.807, 2.05) is 24.0 Å². The molecule has 0 saturated carbocycles. The van der Waals surface area contributed by atoms with E-state index in [0.717, 1.165) is 54.0 Å². The Bertz CT molecular complexity index is 1290. The Balaban J connectivity index is 1.68. The average Bonchev–Trinajstić information content (AvgIpc) is 3.46. The van der Waals surface area contributed by atoms with Crippen LogP contribution in [0.1, 0.15) is 84.6 Å². The first kappa shape index (κ1) is 26.5. The zero-order valence-corrected chi connectivity index (χ0v) is 23.3. The van der Waals surface area contributed by atoms with Crippen molar-refractivity contribution in [1.82, 2.24) is 14.8 Å². The van der Waals surface area contributed by atoms with Crippen LogP contribution in [0.15, 0.2) is 18.2 Å². The van der Waals surface area contributed by atoms with Crippen molar-refractivity contribution in [3.8, 4) is 5.69 Å². The van der Waals surface area contributed by atoms with Gasteiger partial charge in [-0.3, -0.25) is 14.4 Å². The average molecular weight is 520 g/mol. The molecule has 5 rings (SSSR count). The Kier molecular flexibility index (Phi) is 6.88. The maximum absolute atomic E-state index is 13.6. The van der Waals surface area contributed by atoms with E-state index in [2.05, 4.69) is 42.9 Å². The fourth-order valence-electron chi connectivity index (χ4n) is 6.54. The topological polar surface area (TPSA) is 109 Å². The molecule has 2 bridgehead atoms. The molecule has 2 aliphatic heterocycles. The second-order valence-electron chi connectivity index (χ2n) is 12.4. The highest BCUT2D eigenvalue weighted by Gasteiger charge is 2.37. The smallest absolute Gasteiger partial charge is 0.250 e. The normalized spacial score (nSPS) is 25.0. The van der Waals surface area contributed by atoms with E-state index in [-0.39, 0.29) is 35.1 Å². The summed E-state index contributed by atoms with van der Waals surface area (Å²) in [5.41, 5.74) is 11.5. The van der Waals surface area contributed by atoms with Crippen LogP contribution < -0.4 is 16.4 Å². The molecule has 204 valence electrons. The molecule has 1 aromatic carbocycles. The molecule has 1 aromatic heterocycles. The van der Waals surface area contributed by atoms with Crippen molar-refractivity contribution in [2.24, 2.45) is 17.1 Å². The van der Waals surface area contributed by atoms with Crippen LogP contribution in [0.25, 0.3) is 5.69 Å². The summed E-state index contributed by atoms with van der Waals surface area (Å²) in [5, 5.41) is 6.90. The van der Waals surface area contributed by atoms with Gasteiger partial charge in [0, 0.05) is 60.3 Å². The van der Waals surface area contributed by atoms with Gasteiger partial charge in [0.05, 0.1) is 11.6 Å². The van der Waals surface area contributed by atoms with Crippen LogP contribution in [0.3, 0.4) is 0 Å². The van der Waals surface area contributed by atoms with Gasteiger partial charge in [-0.25, -0.2) is 0 Å². The monoisotopic (exact) mass is 519 g/mol. The third-order valence-corrected chi connectivity index (χ3v) is 8.76. The van der Waals surface area contributed by atoms with Gasteiger partial charge in [-0.1, -0.05) is 20.8 Å². The Morgan fingerprint density at radius 1 is 1.13 bits per heavy atom. The molecule has 8 nitrogen and oxygen atoms in total. The van der Waals surface area contributed by atoms with Crippen LogP contribution in [0, 0.1) is 18.3 Å². The summed E-state index contributed by atoms with van der Waals surface area (Å²) in [4.78, 5) is 41.4. The van der Waals surface area contributed by atoms with Crippen molar-refractivity contribution >= 4 is 23.3 Å². The van der Waals surface area contributed by atoms with Crippen LogP contribution in [-0.4, -0.2) is 58.8 Å². The minimum atomic E-state index is -0.489. The fraction of sp³-hybridized carbons (Fsp3) is 0.567. The third-order valence-electron chi connectivity index (χ3n) is 8.76. The lowest BCUT2D eigenvalue weighted by atomic mass is 9.75. The molecular weight excluding hydrogens is 478 g/mol. The van der Waals surface area contributed by atoms with Gasteiger partial charge in [0.1, 0.15) is 0 Å². The van der Waals surface area contributed by atoms with Gasteiger partial charge < -0.3 is 25.8 Å². The van der Waals surface area contributed by atoms with E-state index in [9.17, 15) is 14.4 Å². The number of carbonyl (C=O) groups is 3. The maximum atomic E-state index is 13.6. The predicted molar refractivity (Wildman–Crippen MR) is 149 cm³/mol. The molecule has 2 amide bonds. The molecule has 3 atom stereocenters. The van der Waals surface area contributed by atoms with E-state index < -0.39 is 5.91 Å². The number of fused-ring (bicyclic) bond motifs is 6. The quantitative estimate of drug-likeness (QED) is 0.562. The zero-order valence-electron chi connectivity index (χ0n) is 23.3. The Morgan fingerprint density at radius 2 is 1.89 bits per heavy atom. The van der Waals surface area contributed by atoms with Crippen molar-refractivity contribution in [2.75, 3.05) is 25.0 Å². The van der Waals surface area contributed by atoms with Crippen molar-refractivity contribution in [3.05, 3.63) is 46.3 Å². The van der Waals surface area contributed by atoms with Gasteiger partial charge in [0.2, 0.25) is 5.91 Å². The number of benzene rings is 1. The van der Waals surface area contributed by atoms with Crippen LogP contribution >= 0.6 is 0 Å². The Labute approximate surface area is 225 Å². The summed E-state index contributed by atoms with van der Waals surface area (Å²) in [6.45, 7) is 12.6. The van der Waals surface area contributed by atoms with E-state index in [1.54, 1.807) is 6.07 Å². The van der Waals surface area contributed by atoms with E-state index in [1.165, 1.54) is 0 Å². The van der Waals surface area contributed by atoms with Crippen LogP contribution in [0.2, 0.25) is 0 Å². The lowest BCUT2D eigenvalue weighted by Crippen LogP contribution is -2.48. The number of hydrogen-bond donors (Lipinski definition) is 3. The number of amides is 2. The molecule has 1 saturated heterocycles. The summed E-state index contributed by atoms with van der Waals surface area (Å²) in [6.07, 6.45) is 3.81. The molecule has 2 aromatic rings. The molecule has 0 radical (unpaired) electrons. The van der Waals surface area contributed by atoms with Gasteiger partial charge >= 0.3 is 0 Å². The molecule has 3 aliphatic rings. The summed E-state index contributed by atoms with van der Waals surface area (Å²) >= 11 is 0. The maximum Gasteiger partial charge on any atom is 0.250 e. The lowest BCUT2D eigenvalue weighted by Gasteiger charge is -2.33. The number of rotatable bonds is 2. The highest BCUT2D eigenvalue weighted by atomic mass is 16.2. The predicted octanol–water partition coefficient (Wildman–Crippen LogP) is 3.61.